The molecule has 3 rings (SSSR count). The molecule has 2 atom stereocenters. The van der Waals surface area contributed by atoms with Crippen LogP contribution in [0.3, 0.4) is 0 Å². The molecule has 0 aliphatic carbocycles. The van der Waals surface area contributed by atoms with Crippen molar-refractivity contribution in [2.45, 2.75) is 71.9 Å². The monoisotopic (exact) mass is 453 g/mol. The van der Waals surface area contributed by atoms with E-state index in [1.54, 1.807) is 12.1 Å². The van der Waals surface area contributed by atoms with Gasteiger partial charge in [0, 0.05) is 44.0 Å². The Labute approximate surface area is 201 Å². The van der Waals surface area contributed by atoms with Crippen molar-refractivity contribution in [3.8, 4) is 0 Å². The summed E-state index contributed by atoms with van der Waals surface area (Å²) in [6.07, 6.45) is 5.42. The Kier molecular flexibility index (Phi) is 9.76. The van der Waals surface area contributed by atoms with Crippen molar-refractivity contribution in [1.29, 1.82) is 0 Å². The average molecular weight is 454 g/mol. The standard InChI is InChI=1S/C29H44FN3/c1-22(2)15-18-33(29-16-17-32(21-29)20-27(31)19-23(3)4)28-13-9-25(10-14-28)6-5-24-7-11-26(30)12-8-24/h7-14,22-23,27,29H,5-6,15-21,31H2,1-4H3/t27?,29-/m0/s1. The number of benzene rings is 2. The van der Waals surface area contributed by atoms with Crippen molar-refractivity contribution in [2.24, 2.45) is 17.6 Å². The van der Waals surface area contributed by atoms with Crippen LogP contribution in [0.2, 0.25) is 0 Å². The third kappa shape index (κ3) is 8.42. The zero-order valence-corrected chi connectivity index (χ0v) is 21.1. The van der Waals surface area contributed by atoms with Crippen molar-refractivity contribution < 1.29 is 4.39 Å². The quantitative estimate of drug-likeness (QED) is 0.433. The number of anilines is 1. The third-order valence-electron chi connectivity index (χ3n) is 6.79. The molecule has 33 heavy (non-hydrogen) atoms. The Morgan fingerprint density at radius 2 is 1.55 bits per heavy atom. The van der Waals surface area contributed by atoms with Crippen molar-refractivity contribution in [3.63, 3.8) is 0 Å². The molecular weight excluding hydrogens is 409 g/mol. The molecule has 2 aromatic carbocycles. The van der Waals surface area contributed by atoms with Crippen molar-refractivity contribution >= 4 is 5.69 Å². The zero-order chi connectivity index (χ0) is 23.8. The van der Waals surface area contributed by atoms with Crippen molar-refractivity contribution in [2.75, 3.05) is 31.1 Å². The molecule has 0 amide bonds. The number of rotatable bonds is 12. The summed E-state index contributed by atoms with van der Waals surface area (Å²) in [4.78, 5) is 5.20. The van der Waals surface area contributed by atoms with E-state index in [-0.39, 0.29) is 11.9 Å². The second-order valence-corrected chi connectivity index (χ2v) is 10.8. The second-order valence-electron chi connectivity index (χ2n) is 10.8. The molecule has 3 nitrogen and oxygen atoms in total. The molecule has 0 aromatic heterocycles. The number of nitrogens with zero attached hydrogens (tertiary/aromatic N) is 2. The van der Waals surface area contributed by atoms with Crippen LogP contribution in [0.4, 0.5) is 10.1 Å². The van der Waals surface area contributed by atoms with E-state index in [4.69, 9.17) is 5.73 Å². The minimum Gasteiger partial charge on any atom is -0.367 e. The molecule has 0 bridgehead atoms. The SMILES string of the molecule is CC(C)CCN(c1ccc(CCc2ccc(F)cc2)cc1)[C@H]1CCN(CC(N)CC(C)C)C1. The van der Waals surface area contributed by atoms with Gasteiger partial charge < -0.3 is 10.6 Å². The lowest BCUT2D eigenvalue weighted by Crippen LogP contribution is -2.41. The van der Waals surface area contributed by atoms with E-state index in [2.05, 4.69) is 61.8 Å². The Bertz CT molecular complexity index is 816. The maximum atomic E-state index is 13.1. The van der Waals surface area contributed by atoms with Gasteiger partial charge in [0.05, 0.1) is 0 Å². The molecule has 1 heterocycles. The van der Waals surface area contributed by atoms with Gasteiger partial charge in [0.2, 0.25) is 0 Å². The fourth-order valence-electron chi connectivity index (χ4n) is 4.96. The Morgan fingerprint density at radius 3 is 2.12 bits per heavy atom. The molecule has 4 heteroatoms. The molecule has 1 unspecified atom stereocenters. The molecule has 1 aliphatic heterocycles. The number of hydrogen-bond donors (Lipinski definition) is 1. The summed E-state index contributed by atoms with van der Waals surface area (Å²) in [5.41, 5.74) is 10.3. The maximum Gasteiger partial charge on any atom is 0.123 e. The van der Waals surface area contributed by atoms with Gasteiger partial charge >= 0.3 is 0 Å². The number of halogens is 1. The van der Waals surface area contributed by atoms with Gasteiger partial charge in [0.25, 0.3) is 0 Å². The van der Waals surface area contributed by atoms with Crippen LogP contribution in [-0.4, -0.2) is 43.2 Å². The predicted molar refractivity (Wildman–Crippen MR) is 139 cm³/mol. The molecule has 1 saturated heterocycles. The van der Waals surface area contributed by atoms with Gasteiger partial charge in [0.1, 0.15) is 5.82 Å². The van der Waals surface area contributed by atoms with Gasteiger partial charge in [-0.15, -0.1) is 0 Å². The minimum absolute atomic E-state index is 0.169. The summed E-state index contributed by atoms with van der Waals surface area (Å²) < 4.78 is 13.1. The second kappa shape index (κ2) is 12.5. The topological polar surface area (TPSA) is 32.5 Å². The fourth-order valence-corrected chi connectivity index (χ4v) is 4.96. The van der Waals surface area contributed by atoms with Gasteiger partial charge in [0.15, 0.2) is 0 Å². The molecule has 0 saturated carbocycles. The summed E-state index contributed by atoms with van der Waals surface area (Å²) in [6, 6.07) is 16.8. The van der Waals surface area contributed by atoms with Crippen molar-refractivity contribution in [3.05, 3.63) is 65.5 Å². The highest BCUT2D eigenvalue weighted by molar-refractivity contribution is 5.49. The average Bonchev–Trinajstić information content (AvgIpc) is 3.21. The highest BCUT2D eigenvalue weighted by Crippen LogP contribution is 2.25. The first-order chi connectivity index (χ1) is 15.8. The predicted octanol–water partition coefficient (Wildman–Crippen LogP) is 5.91. The fraction of sp³-hybridized carbons (Fsp3) is 0.586. The summed E-state index contributed by atoms with van der Waals surface area (Å²) >= 11 is 0. The molecule has 1 aliphatic rings. The summed E-state index contributed by atoms with van der Waals surface area (Å²) in [6.45, 7) is 13.5. The number of nitrogens with two attached hydrogens (primary N) is 1. The molecule has 2 aromatic rings. The normalized spacial score (nSPS) is 17.8. The number of likely N-dealkylation sites (tertiary alicyclic amines) is 1. The van der Waals surface area contributed by atoms with Crippen LogP contribution in [-0.2, 0) is 12.8 Å². The molecule has 1 fully saturated rings. The van der Waals surface area contributed by atoms with Crippen molar-refractivity contribution in [1.82, 2.24) is 4.90 Å². The van der Waals surface area contributed by atoms with Gasteiger partial charge in [-0.2, -0.15) is 0 Å². The van der Waals surface area contributed by atoms with Crippen LogP contribution < -0.4 is 10.6 Å². The van der Waals surface area contributed by atoms with Crippen LogP contribution in [0.25, 0.3) is 0 Å². The van der Waals surface area contributed by atoms with Crippen LogP contribution in [0.5, 0.6) is 0 Å². The van der Waals surface area contributed by atoms with Crippen LogP contribution in [0.1, 0.15) is 58.1 Å². The Morgan fingerprint density at radius 1 is 0.939 bits per heavy atom. The minimum atomic E-state index is -0.169. The van der Waals surface area contributed by atoms with Crippen LogP contribution in [0.15, 0.2) is 48.5 Å². The molecule has 182 valence electrons. The first kappa shape index (κ1) is 25.7. The lowest BCUT2D eigenvalue weighted by Gasteiger charge is -2.32. The smallest absolute Gasteiger partial charge is 0.123 e. The summed E-state index contributed by atoms with van der Waals surface area (Å²) in [5.74, 6) is 1.18. The molecule has 0 spiro atoms. The van der Waals surface area contributed by atoms with Gasteiger partial charge in [-0.3, -0.25) is 4.90 Å². The highest BCUT2D eigenvalue weighted by atomic mass is 19.1. The zero-order valence-electron chi connectivity index (χ0n) is 21.1. The van der Waals surface area contributed by atoms with E-state index < -0.39 is 0 Å². The number of hydrogen-bond acceptors (Lipinski definition) is 3. The summed E-state index contributed by atoms with van der Waals surface area (Å²) in [5, 5.41) is 0. The lowest BCUT2D eigenvalue weighted by molar-refractivity contribution is 0.291. The van der Waals surface area contributed by atoms with E-state index >= 15 is 0 Å². The largest absolute Gasteiger partial charge is 0.367 e. The third-order valence-corrected chi connectivity index (χ3v) is 6.79. The van der Waals surface area contributed by atoms with Crippen LogP contribution in [0, 0.1) is 17.7 Å². The molecule has 0 radical (unpaired) electrons. The molecule has 2 N–H and O–H groups in total. The van der Waals surface area contributed by atoms with E-state index in [1.807, 2.05) is 12.1 Å². The van der Waals surface area contributed by atoms with Crippen LogP contribution >= 0.6 is 0 Å². The van der Waals surface area contributed by atoms with Gasteiger partial charge in [-0.05, 0) is 79.3 Å². The van der Waals surface area contributed by atoms with E-state index in [1.165, 1.54) is 29.7 Å². The molecular formula is C29H44FN3. The highest BCUT2D eigenvalue weighted by Gasteiger charge is 2.29. The number of aryl methyl sites for hydroxylation is 2. The van der Waals surface area contributed by atoms with Gasteiger partial charge in [-0.1, -0.05) is 52.0 Å². The Balaban J connectivity index is 1.61. The van der Waals surface area contributed by atoms with E-state index in [0.717, 1.165) is 45.4 Å². The summed E-state index contributed by atoms with van der Waals surface area (Å²) in [7, 11) is 0. The van der Waals surface area contributed by atoms with E-state index in [9.17, 15) is 4.39 Å². The first-order valence-corrected chi connectivity index (χ1v) is 12.9. The van der Waals surface area contributed by atoms with E-state index in [0.29, 0.717) is 17.9 Å². The maximum absolute atomic E-state index is 13.1. The lowest BCUT2D eigenvalue weighted by atomic mass is 10.0. The van der Waals surface area contributed by atoms with Gasteiger partial charge in [-0.25, -0.2) is 4.39 Å². The first-order valence-electron chi connectivity index (χ1n) is 12.9. The Hall–Kier alpha value is -1.91.